The highest BCUT2D eigenvalue weighted by Crippen LogP contribution is 2.26. The Morgan fingerprint density at radius 3 is 2.45 bits per heavy atom. The second kappa shape index (κ2) is 6.40. The quantitative estimate of drug-likeness (QED) is 0.854. The van der Waals surface area contributed by atoms with Crippen LogP contribution in [-0.2, 0) is 0 Å². The van der Waals surface area contributed by atoms with E-state index in [1.807, 2.05) is 39.1 Å². The van der Waals surface area contributed by atoms with Crippen LogP contribution in [0.25, 0.3) is 0 Å². The highest BCUT2D eigenvalue weighted by molar-refractivity contribution is 7.11. The molecular weight excluding hydrogens is 296 g/mol. The fourth-order valence-corrected chi connectivity index (χ4v) is 2.97. The minimum Gasteiger partial charge on any atom is -0.319 e. The summed E-state index contributed by atoms with van der Waals surface area (Å²) < 4.78 is 0. The molecule has 5 heteroatoms. The minimum absolute atomic E-state index is 0.0691. The van der Waals surface area contributed by atoms with Crippen LogP contribution in [-0.4, -0.2) is 16.7 Å². The highest BCUT2D eigenvalue weighted by Gasteiger charge is 2.18. The first-order valence-electron chi connectivity index (χ1n) is 7.19. The Balaban J connectivity index is 2.35. The van der Waals surface area contributed by atoms with Gasteiger partial charge < -0.3 is 5.32 Å². The summed E-state index contributed by atoms with van der Waals surface area (Å²) in [6.45, 7) is 9.43. The summed E-state index contributed by atoms with van der Waals surface area (Å²) in [6, 6.07) is 3.64. The lowest BCUT2D eigenvalue weighted by atomic mass is 10.0. The number of nitrogens with zero attached hydrogens (tertiary/aromatic N) is 1. The lowest BCUT2D eigenvalue weighted by Crippen LogP contribution is -2.16. The van der Waals surface area contributed by atoms with Crippen LogP contribution in [0.1, 0.15) is 63.7 Å². The van der Waals surface area contributed by atoms with Crippen LogP contribution in [0, 0.1) is 13.8 Å². The lowest BCUT2D eigenvalue weighted by molar-refractivity contribution is 0.101. The van der Waals surface area contributed by atoms with E-state index in [0.29, 0.717) is 16.3 Å². The van der Waals surface area contributed by atoms with E-state index in [-0.39, 0.29) is 17.6 Å². The predicted molar refractivity (Wildman–Crippen MR) is 90.1 cm³/mol. The Morgan fingerprint density at radius 2 is 1.91 bits per heavy atom. The molecule has 1 aromatic heterocycles. The molecule has 0 bridgehead atoms. The van der Waals surface area contributed by atoms with Crippen molar-refractivity contribution in [3.63, 3.8) is 0 Å². The number of hydrogen-bond donors (Lipinski definition) is 1. The molecule has 0 saturated heterocycles. The molecule has 1 N–H and O–H groups in total. The first-order chi connectivity index (χ1) is 10.3. The summed E-state index contributed by atoms with van der Waals surface area (Å²) >= 11 is 1.32. The number of thiazole rings is 1. The molecule has 1 aromatic carbocycles. The van der Waals surface area contributed by atoms with Gasteiger partial charge in [0.1, 0.15) is 0 Å². The molecule has 0 unspecified atom stereocenters. The zero-order valence-corrected chi connectivity index (χ0v) is 14.3. The number of anilines is 1. The number of aryl methyl sites for hydroxylation is 1. The molecule has 0 atom stereocenters. The van der Waals surface area contributed by atoms with Crippen LogP contribution in [0.3, 0.4) is 0 Å². The fraction of sp³-hybridized carbons (Fsp3) is 0.353. The van der Waals surface area contributed by atoms with E-state index in [4.69, 9.17) is 0 Å². The first-order valence-corrected chi connectivity index (χ1v) is 8.07. The number of amides is 1. The van der Waals surface area contributed by atoms with Gasteiger partial charge in [-0.05, 0) is 43.9 Å². The first kappa shape index (κ1) is 16.4. The van der Waals surface area contributed by atoms with Gasteiger partial charge in [0.2, 0.25) is 0 Å². The van der Waals surface area contributed by atoms with Crippen LogP contribution in [0.5, 0.6) is 0 Å². The maximum atomic E-state index is 12.4. The summed E-state index contributed by atoms with van der Waals surface area (Å²) in [5, 5.41) is 5.17. The van der Waals surface area contributed by atoms with Gasteiger partial charge in [-0.25, -0.2) is 4.98 Å². The Bertz CT molecular complexity index is 732. The van der Waals surface area contributed by atoms with Gasteiger partial charge in [0.25, 0.3) is 5.91 Å². The molecule has 4 nitrogen and oxygen atoms in total. The number of carbonyl (C=O) groups is 2. The van der Waals surface area contributed by atoms with Gasteiger partial charge in [-0.15, -0.1) is 11.3 Å². The number of hydrogen-bond acceptors (Lipinski definition) is 4. The van der Waals surface area contributed by atoms with E-state index in [0.717, 1.165) is 16.8 Å². The van der Waals surface area contributed by atoms with Gasteiger partial charge in [0.15, 0.2) is 10.8 Å². The third-order valence-corrected chi connectivity index (χ3v) is 4.52. The summed E-state index contributed by atoms with van der Waals surface area (Å²) in [4.78, 5) is 28.5. The molecule has 2 rings (SSSR count). The molecule has 0 radical (unpaired) electrons. The van der Waals surface area contributed by atoms with Crippen molar-refractivity contribution in [3.05, 3.63) is 44.9 Å². The maximum Gasteiger partial charge on any atom is 0.284 e. The van der Waals surface area contributed by atoms with Gasteiger partial charge in [-0.3, -0.25) is 9.59 Å². The molecule has 0 fully saturated rings. The molecule has 0 aliphatic heterocycles. The molecule has 116 valence electrons. The smallest absolute Gasteiger partial charge is 0.284 e. The van der Waals surface area contributed by atoms with Gasteiger partial charge >= 0.3 is 0 Å². The van der Waals surface area contributed by atoms with Crippen molar-refractivity contribution in [3.8, 4) is 0 Å². The standard InChI is InChI=1S/C17H20N2O2S/c1-9(2)14-8-22-17(18-14)16(21)19-15-11(4)10(3)6-7-13(15)12(5)20/h6-9H,1-5H3,(H,19,21). The SMILES string of the molecule is CC(=O)c1ccc(C)c(C)c1NC(=O)c1nc(C(C)C)cs1. The summed E-state index contributed by atoms with van der Waals surface area (Å²) in [7, 11) is 0. The van der Waals surface area contributed by atoms with Crippen molar-refractivity contribution in [2.45, 2.75) is 40.5 Å². The second-order valence-corrected chi connectivity index (χ2v) is 6.53. The molecule has 0 aliphatic rings. The minimum atomic E-state index is -0.270. The molecular formula is C17H20N2O2S. The second-order valence-electron chi connectivity index (χ2n) is 5.67. The van der Waals surface area contributed by atoms with Crippen molar-refractivity contribution >= 4 is 28.7 Å². The van der Waals surface area contributed by atoms with Crippen LogP contribution in [0.4, 0.5) is 5.69 Å². The Morgan fingerprint density at radius 1 is 1.23 bits per heavy atom. The van der Waals surface area contributed by atoms with E-state index >= 15 is 0 Å². The zero-order valence-electron chi connectivity index (χ0n) is 13.5. The Labute approximate surface area is 134 Å². The number of ketones is 1. The Kier molecular flexibility index (Phi) is 4.76. The third kappa shape index (κ3) is 3.25. The van der Waals surface area contributed by atoms with Crippen LogP contribution < -0.4 is 5.32 Å². The number of Topliss-reactive ketones (excluding diaryl/α,β-unsaturated/α-hetero) is 1. The number of nitrogens with one attached hydrogen (secondary N) is 1. The van der Waals surface area contributed by atoms with E-state index in [9.17, 15) is 9.59 Å². The maximum absolute atomic E-state index is 12.4. The van der Waals surface area contributed by atoms with Crippen LogP contribution >= 0.6 is 11.3 Å². The third-order valence-electron chi connectivity index (χ3n) is 3.66. The molecule has 0 aliphatic carbocycles. The largest absolute Gasteiger partial charge is 0.319 e. The topological polar surface area (TPSA) is 59.1 Å². The monoisotopic (exact) mass is 316 g/mol. The lowest BCUT2D eigenvalue weighted by Gasteiger charge is -2.13. The number of benzene rings is 1. The van der Waals surface area contributed by atoms with Crippen LogP contribution in [0.2, 0.25) is 0 Å². The van der Waals surface area contributed by atoms with E-state index in [1.54, 1.807) is 6.07 Å². The fourth-order valence-electron chi connectivity index (χ4n) is 2.09. The molecule has 1 amide bonds. The summed E-state index contributed by atoms with van der Waals surface area (Å²) in [6.07, 6.45) is 0. The summed E-state index contributed by atoms with van der Waals surface area (Å²) in [5.74, 6) is -0.0557. The van der Waals surface area contributed by atoms with E-state index in [1.165, 1.54) is 18.3 Å². The number of aromatic nitrogens is 1. The van der Waals surface area contributed by atoms with Gasteiger partial charge in [0, 0.05) is 10.9 Å². The number of carbonyl (C=O) groups excluding carboxylic acids is 2. The van der Waals surface area contributed by atoms with E-state index < -0.39 is 0 Å². The van der Waals surface area contributed by atoms with Gasteiger partial charge in [-0.1, -0.05) is 19.9 Å². The van der Waals surface area contributed by atoms with Crippen LogP contribution in [0.15, 0.2) is 17.5 Å². The normalized spacial score (nSPS) is 10.8. The van der Waals surface area contributed by atoms with Gasteiger partial charge in [-0.2, -0.15) is 0 Å². The molecule has 0 spiro atoms. The van der Waals surface area contributed by atoms with Crippen molar-refractivity contribution in [2.75, 3.05) is 5.32 Å². The molecule has 0 saturated carbocycles. The van der Waals surface area contributed by atoms with Crippen molar-refractivity contribution in [1.29, 1.82) is 0 Å². The predicted octanol–water partition coefficient (Wildman–Crippen LogP) is 4.34. The summed E-state index contributed by atoms with van der Waals surface area (Å²) in [5.41, 5.74) is 3.95. The molecule has 22 heavy (non-hydrogen) atoms. The van der Waals surface area contributed by atoms with E-state index in [2.05, 4.69) is 10.3 Å². The number of rotatable bonds is 4. The molecule has 2 aromatic rings. The zero-order chi connectivity index (χ0) is 16.4. The molecule has 1 heterocycles. The van der Waals surface area contributed by atoms with Crippen molar-refractivity contribution in [1.82, 2.24) is 4.98 Å². The highest BCUT2D eigenvalue weighted by atomic mass is 32.1. The average Bonchev–Trinajstić information content (AvgIpc) is 2.93. The van der Waals surface area contributed by atoms with Crippen molar-refractivity contribution in [2.24, 2.45) is 0 Å². The Hall–Kier alpha value is -2.01. The van der Waals surface area contributed by atoms with Gasteiger partial charge in [0.05, 0.1) is 11.4 Å². The average molecular weight is 316 g/mol. The van der Waals surface area contributed by atoms with Crippen molar-refractivity contribution < 1.29 is 9.59 Å².